The Morgan fingerprint density at radius 2 is 0.957 bits per heavy atom. The SMILES string of the molecule is CCCCCCCCCCC/C=C/CC/C=C/CC/C=C/C(O)C(COC1OC(CO)C(O)C(OS(=O)(=O)O)C1O)NC(=O)C(O)CCCCCCCCCCCCCCCCCCCCCCCC. The molecule has 0 saturated carbocycles. The number of rotatable bonds is 49. The van der Waals surface area contributed by atoms with Crippen LogP contribution < -0.4 is 5.32 Å². The van der Waals surface area contributed by atoms with Gasteiger partial charge in [0.2, 0.25) is 5.91 Å². The third-order valence-electron chi connectivity index (χ3n) is 13.5. The fourth-order valence-corrected chi connectivity index (χ4v) is 9.53. The Morgan fingerprint density at radius 3 is 1.37 bits per heavy atom. The zero-order chi connectivity index (χ0) is 51.3. The summed E-state index contributed by atoms with van der Waals surface area (Å²) in [4.78, 5) is 13.2. The maximum Gasteiger partial charge on any atom is 0.397 e. The van der Waals surface area contributed by atoms with Gasteiger partial charge in [0, 0.05) is 0 Å². The summed E-state index contributed by atoms with van der Waals surface area (Å²) < 4.78 is 47.7. The standard InChI is InChI=1S/C56H105NO12S/c1-3-5-7-9-11-13-15-17-19-21-23-24-25-27-29-31-33-35-37-39-41-43-45-50(60)55(63)57-48(47-67-56-53(62)54(69-70(64,65)66)52(61)51(46-58)68-56)49(59)44-42-40-38-36-34-32-30-28-26-22-20-18-16-14-12-10-8-6-4-2/h26,28,34,36,42,44,48-54,56,58-62H,3-25,27,29-33,35,37-41,43,45-47H2,1-2H3,(H,57,63)(H,64,65,66)/b28-26+,36-34+,44-42+. The number of unbranched alkanes of at least 4 members (excludes halogenated alkanes) is 32. The number of allylic oxidation sites excluding steroid dienone is 5. The van der Waals surface area contributed by atoms with Crippen LogP contribution in [0.4, 0.5) is 0 Å². The van der Waals surface area contributed by atoms with Crippen molar-refractivity contribution in [3.63, 3.8) is 0 Å². The number of aliphatic hydroxyl groups is 5. The minimum atomic E-state index is -5.13. The predicted molar refractivity (Wildman–Crippen MR) is 284 cm³/mol. The lowest BCUT2D eigenvalue weighted by Crippen LogP contribution is -2.61. The third kappa shape index (κ3) is 37.1. The molecule has 0 aromatic carbocycles. The van der Waals surface area contributed by atoms with E-state index in [2.05, 4.69) is 47.7 Å². The Balaban J connectivity index is 2.47. The highest BCUT2D eigenvalue weighted by Crippen LogP contribution is 2.26. The molecule has 8 atom stereocenters. The van der Waals surface area contributed by atoms with Crippen molar-refractivity contribution in [2.24, 2.45) is 0 Å². The normalized spacial score (nSPS) is 20.3. The van der Waals surface area contributed by atoms with Gasteiger partial charge < -0.3 is 40.3 Å². The molecule has 0 bridgehead atoms. The van der Waals surface area contributed by atoms with E-state index in [9.17, 15) is 43.3 Å². The van der Waals surface area contributed by atoms with Crippen LogP contribution in [0.15, 0.2) is 36.5 Å². The molecule has 1 rings (SSSR count). The van der Waals surface area contributed by atoms with Crippen LogP contribution in [0.1, 0.15) is 251 Å². The van der Waals surface area contributed by atoms with Crippen LogP contribution in [0.3, 0.4) is 0 Å². The fraction of sp³-hybridized carbons (Fsp3) is 0.875. The summed E-state index contributed by atoms with van der Waals surface area (Å²) in [6.07, 6.45) is 45.1. The molecular weight excluding hydrogens is 911 g/mol. The summed E-state index contributed by atoms with van der Waals surface area (Å²) >= 11 is 0. The van der Waals surface area contributed by atoms with Gasteiger partial charge in [0.15, 0.2) is 6.29 Å². The Labute approximate surface area is 427 Å². The van der Waals surface area contributed by atoms with E-state index in [1.54, 1.807) is 6.08 Å². The molecule has 0 aliphatic carbocycles. The molecule has 0 aromatic heterocycles. The summed E-state index contributed by atoms with van der Waals surface area (Å²) in [6, 6.07) is -1.14. The Hall–Kier alpha value is -1.72. The fourth-order valence-electron chi connectivity index (χ4n) is 9.02. The quantitative estimate of drug-likeness (QED) is 0.0172. The summed E-state index contributed by atoms with van der Waals surface area (Å²) in [5.41, 5.74) is 0. The molecule has 1 aliphatic rings. The van der Waals surface area contributed by atoms with Crippen molar-refractivity contribution in [3.8, 4) is 0 Å². The van der Waals surface area contributed by atoms with E-state index >= 15 is 0 Å². The van der Waals surface area contributed by atoms with E-state index in [4.69, 9.17) is 9.47 Å². The van der Waals surface area contributed by atoms with Crippen molar-refractivity contribution < 1.29 is 57.0 Å². The first-order valence-electron chi connectivity index (χ1n) is 28.5. The van der Waals surface area contributed by atoms with Gasteiger partial charge in [0.25, 0.3) is 0 Å². The van der Waals surface area contributed by atoms with Crippen LogP contribution >= 0.6 is 0 Å². The molecule has 1 fully saturated rings. The highest BCUT2D eigenvalue weighted by molar-refractivity contribution is 7.80. The second kappa shape index (κ2) is 45.9. The Bertz CT molecular complexity index is 1400. The van der Waals surface area contributed by atoms with Gasteiger partial charge in [0.1, 0.15) is 30.5 Å². The van der Waals surface area contributed by atoms with Crippen LogP contribution in [0.25, 0.3) is 0 Å². The molecule has 1 heterocycles. The van der Waals surface area contributed by atoms with Crippen molar-refractivity contribution in [2.75, 3.05) is 13.2 Å². The minimum absolute atomic E-state index is 0.237. The molecule has 70 heavy (non-hydrogen) atoms. The van der Waals surface area contributed by atoms with Gasteiger partial charge >= 0.3 is 10.4 Å². The molecule has 7 N–H and O–H groups in total. The first kappa shape index (κ1) is 66.3. The molecule has 1 amide bonds. The topological polar surface area (TPSA) is 212 Å². The molecule has 13 nitrogen and oxygen atoms in total. The Kier molecular flexibility index (Phi) is 43.4. The monoisotopic (exact) mass is 1020 g/mol. The number of aliphatic hydroxyl groups excluding tert-OH is 5. The molecule has 1 saturated heterocycles. The van der Waals surface area contributed by atoms with E-state index in [-0.39, 0.29) is 6.42 Å². The van der Waals surface area contributed by atoms with Crippen molar-refractivity contribution in [1.29, 1.82) is 0 Å². The predicted octanol–water partition coefficient (Wildman–Crippen LogP) is 12.0. The average molecular weight is 1020 g/mol. The first-order chi connectivity index (χ1) is 33.9. The highest BCUT2D eigenvalue weighted by atomic mass is 32.3. The maximum atomic E-state index is 13.2. The zero-order valence-corrected chi connectivity index (χ0v) is 45.0. The summed E-state index contributed by atoms with van der Waals surface area (Å²) in [7, 11) is -5.13. The van der Waals surface area contributed by atoms with Gasteiger partial charge in [-0.15, -0.1) is 0 Å². The lowest BCUT2D eigenvalue weighted by atomic mass is 9.99. The number of carbonyl (C=O) groups is 1. The number of carbonyl (C=O) groups excluding carboxylic acids is 1. The van der Waals surface area contributed by atoms with Crippen LogP contribution in [0.2, 0.25) is 0 Å². The molecule has 8 unspecified atom stereocenters. The number of nitrogens with one attached hydrogen (secondary N) is 1. The average Bonchev–Trinajstić information content (AvgIpc) is 3.33. The van der Waals surface area contributed by atoms with E-state index in [0.29, 0.717) is 12.8 Å². The van der Waals surface area contributed by atoms with Gasteiger partial charge in [-0.1, -0.05) is 243 Å². The van der Waals surface area contributed by atoms with Crippen molar-refractivity contribution in [2.45, 2.75) is 300 Å². The van der Waals surface area contributed by atoms with E-state index in [0.717, 1.165) is 44.9 Å². The van der Waals surface area contributed by atoms with Gasteiger partial charge in [-0.3, -0.25) is 9.35 Å². The summed E-state index contributed by atoms with van der Waals surface area (Å²) in [5.74, 6) is -0.712. The van der Waals surface area contributed by atoms with Gasteiger partial charge in [0.05, 0.1) is 25.4 Å². The maximum absolute atomic E-state index is 13.2. The number of amides is 1. The van der Waals surface area contributed by atoms with Crippen LogP contribution in [-0.2, 0) is 28.9 Å². The Morgan fingerprint density at radius 1 is 0.571 bits per heavy atom. The molecular formula is C56H105NO12S. The van der Waals surface area contributed by atoms with Crippen molar-refractivity contribution in [1.82, 2.24) is 5.32 Å². The van der Waals surface area contributed by atoms with Crippen molar-refractivity contribution >= 4 is 16.3 Å². The van der Waals surface area contributed by atoms with Gasteiger partial charge in [-0.25, -0.2) is 4.18 Å². The molecule has 1 aliphatic heterocycles. The molecule has 0 radical (unpaired) electrons. The van der Waals surface area contributed by atoms with Gasteiger partial charge in [-0.2, -0.15) is 8.42 Å². The number of hydrogen-bond acceptors (Lipinski definition) is 11. The van der Waals surface area contributed by atoms with Crippen LogP contribution in [0.5, 0.6) is 0 Å². The second-order valence-corrected chi connectivity index (χ2v) is 21.1. The zero-order valence-electron chi connectivity index (χ0n) is 44.2. The largest absolute Gasteiger partial charge is 0.397 e. The highest BCUT2D eigenvalue weighted by Gasteiger charge is 2.48. The molecule has 0 spiro atoms. The first-order valence-corrected chi connectivity index (χ1v) is 29.8. The lowest BCUT2D eigenvalue weighted by molar-refractivity contribution is -0.298. The van der Waals surface area contributed by atoms with Crippen LogP contribution in [0, 0.1) is 0 Å². The molecule has 0 aromatic rings. The van der Waals surface area contributed by atoms with Gasteiger partial charge in [-0.05, 0) is 44.9 Å². The van der Waals surface area contributed by atoms with Crippen molar-refractivity contribution in [3.05, 3.63) is 36.5 Å². The summed E-state index contributed by atoms with van der Waals surface area (Å²) in [6.45, 7) is 3.24. The third-order valence-corrected chi connectivity index (χ3v) is 14.0. The summed E-state index contributed by atoms with van der Waals surface area (Å²) in [5, 5.41) is 55.5. The lowest BCUT2D eigenvalue weighted by Gasteiger charge is -2.41. The molecule has 14 heteroatoms. The van der Waals surface area contributed by atoms with E-state index in [1.165, 1.54) is 179 Å². The second-order valence-electron chi connectivity index (χ2n) is 20.0. The smallest absolute Gasteiger partial charge is 0.394 e. The van der Waals surface area contributed by atoms with Crippen LogP contribution in [-0.4, -0.2) is 107 Å². The molecule has 412 valence electrons. The van der Waals surface area contributed by atoms with E-state index < -0.39 is 78.5 Å². The van der Waals surface area contributed by atoms with E-state index in [1.807, 2.05) is 0 Å². The number of ether oxygens (including phenoxy) is 2. The number of hydrogen-bond donors (Lipinski definition) is 7. The minimum Gasteiger partial charge on any atom is -0.394 e.